The highest BCUT2D eigenvalue weighted by Gasteiger charge is 2.35. The van der Waals surface area contributed by atoms with Gasteiger partial charge < -0.3 is 18.8 Å². The quantitative estimate of drug-likeness (QED) is 0.305. The maximum atomic E-state index is 14.1. The molecule has 1 aliphatic heterocycles. The van der Waals surface area contributed by atoms with Gasteiger partial charge >= 0.3 is 5.97 Å². The smallest absolute Gasteiger partial charge is 0.338 e. The maximum absolute atomic E-state index is 14.1. The molecule has 5 rings (SSSR count). The van der Waals surface area contributed by atoms with Gasteiger partial charge in [-0.1, -0.05) is 29.0 Å². The molecule has 1 aliphatic rings. The van der Waals surface area contributed by atoms with Gasteiger partial charge in [-0.3, -0.25) is 9.36 Å². The molecule has 0 saturated carbocycles. The summed E-state index contributed by atoms with van der Waals surface area (Å²) in [6.45, 7) is 9.86. The standard InChI is InChI=1S/C32H33N3O5S/c1-8-40-31(37)28-20(4)33-32-35(29(28)25-17-24(38-6)13-14-26(25)39-7)30(36)27(41-32)16-22-15-19(3)34(21(22)5)23-11-9-18(2)10-12-23/h9-17,29H,8H2,1-7H3/b27-16-/t29-/m1/s1. The molecule has 0 amide bonds. The van der Waals surface area contributed by atoms with E-state index in [1.807, 2.05) is 13.0 Å². The third-order valence-electron chi connectivity index (χ3n) is 7.30. The third kappa shape index (κ3) is 5.02. The zero-order valence-electron chi connectivity index (χ0n) is 24.3. The molecule has 212 valence electrons. The van der Waals surface area contributed by atoms with Crippen molar-refractivity contribution in [2.24, 2.45) is 4.99 Å². The summed E-state index contributed by atoms with van der Waals surface area (Å²) in [7, 11) is 3.12. The summed E-state index contributed by atoms with van der Waals surface area (Å²) >= 11 is 1.29. The molecule has 2 aromatic heterocycles. The van der Waals surface area contributed by atoms with Crippen molar-refractivity contribution in [3.63, 3.8) is 0 Å². The zero-order chi connectivity index (χ0) is 29.4. The monoisotopic (exact) mass is 571 g/mol. The molecule has 0 N–H and O–H groups in total. The molecule has 4 aromatic rings. The predicted molar refractivity (Wildman–Crippen MR) is 160 cm³/mol. The van der Waals surface area contributed by atoms with E-state index in [1.165, 1.54) is 16.9 Å². The van der Waals surface area contributed by atoms with Crippen LogP contribution in [0.5, 0.6) is 11.5 Å². The van der Waals surface area contributed by atoms with E-state index in [-0.39, 0.29) is 17.7 Å². The van der Waals surface area contributed by atoms with Crippen molar-refractivity contribution in [1.82, 2.24) is 9.13 Å². The van der Waals surface area contributed by atoms with Crippen molar-refractivity contribution in [3.05, 3.63) is 108 Å². The van der Waals surface area contributed by atoms with E-state index in [1.54, 1.807) is 50.8 Å². The Kier molecular flexibility index (Phi) is 7.73. The average molecular weight is 572 g/mol. The number of methoxy groups -OCH3 is 2. The lowest BCUT2D eigenvalue weighted by atomic mass is 9.94. The van der Waals surface area contributed by atoms with E-state index in [2.05, 4.69) is 48.7 Å². The molecule has 8 nitrogen and oxygen atoms in total. The fraction of sp³-hybridized carbons (Fsp3) is 0.281. The average Bonchev–Trinajstić information content (AvgIpc) is 3.41. The van der Waals surface area contributed by atoms with Crippen LogP contribution in [0.4, 0.5) is 0 Å². The lowest BCUT2D eigenvalue weighted by molar-refractivity contribution is -0.139. The molecule has 9 heteroatoms. The van der Waals surface area contributed by atoms with Gasteiger partial charge in [-0.2, -0.15) is 0 Å². The number of carbonyl (C=O) groups excluding carboxylic acids is 1. The highest BCUT2D eigenvalue weighted by atomic mass is 32.1. The van der Waals surface area contributed by atoms with Gasteiger partial charge in [0.15, 0.2) is 4.80 Å². The van der Waals surface area contributed by atoms with E-state index < -0.39 is 12.0 Å². The normalized spacial score (nSPS) is 15.0. The molecular formula is C32H33N3O5S. The Morgan fingerprint density at radius 2 is 1.76 bits per heavy atom. The van der Waals surface area contributed by atoms with Gasteiger partial charge in [0.1, 0.15) is 17.5 Å². The molecule has 0 fully saturated rings. The number of hydrogen-bond acceptors (Lipinski definition) is 7. The second kappa shape index (κ2) is 11.2. The Morgan fingerprint density at radius 3 is 2.41 bits per heavy atom. The van der Waals surface area contributed by atoms with Gasteiger partial charge in [0.25, 0.3) is 5.56 Å². The van der Waals surface area contributed by atoms with E-state index in [0.29, 0.717) is 32.1 Å². The molecule has 1 atom stereocenters. The fourth-order valence-corrected chi connectivity index (χ4v) is 6.34. The van der Waals surface area contributed by atoms with Crippen molar-refractivity contribution in [3.8, 4) is 17.2 Å². The van der Waals surface area contributed by atoms with Gasteiger partial charge in [-0.15, -0.1) is 0 Å². The molecular weight excluding hydrogens is 538 g/mol. The van der Waals surface area contributed by atoms with Crippen molar-refractivity contribution in [2.75, 3.05) is 20.8 Å². The maximum Gasteiger partial charge on any atom is 0.338 e. The Morgan fingerprint density at radius 1 is 1.02 bits per heavy atom. The molecule has 0 bridgehead atoms. The fourth-order valence-electron chi connectivity index (χ4n) is 5.30. The number of allylic oxidation sites excluding steroid dienone is 1. The molecule has 0 unspecified atom stereocenters. The van der Waals surface area contributed by atoms with Crippen molar-refractivity contribution < 1.29 is 19.0 Å². The number of aryl methyl sites for hydroxylation is 2. The lowest BCUT2D eigenvalue weighted by Gasteiger charge is -2.26. The SMILES string of the molecule is CCOC(=O)C1=C(C)N=c2s/c(=C\c3cc(C)n(-c4ccc(C)cc4)c3C)c(=O)n2[C@@H]1c1cc(OC)ccc1OC. The first-order valence-corrected chi connectivity index (χ1v) is 14.2. The second-order valence-electron chi connectivity index (χ2n) is 9.91. The van der Waals surface area contributed by atoms with Crippen molar-refractivity contribution in [1.29, 1.82) is 0 Å². The highest BCUT2D eigenvalue weighted by Crippen LogP contribution is 2.37. The molecule has 0 radical (unpaired) electrons. The van der Waals surface area contributed by atoms with E-state index in [0.717, 1.165) is 22.6 Å². The number of carbonyl (C=O) groups is 1. The van der Waals surface area contributed by atoms with Crippen LogP contribution in [-0.2, 0) is 9.53 Å². The number of ether oxygens (including phenoxy) is 3. The number of thiazole rings is 1. The molecule has 0 spiro atoms. The summed E-state index contributed by atoms with van der Waals surface area (Å²) in [5.74, 6) is 0.562. The van der Waals surface area contributed by atoms with Crippen LogP contribution in [0.1, 0.15) is 48.0 Å². The zero-order valence-corrected chi connectivity index (χ0v) is 25.1. The second-order valence-corrected chi connectivity index (χ2v) is 10.9. The summed E-state index contributed by atoms with van der Waals surface area (Å²) in [6, 6.07) is 14.9. The minimum atomic E-state index is -0.808. The largest absolute Gasteiger partial charge is 0.497 e. The van der Waals surface area contributed by atoms with Crippen molar-refractivity contribution >= 4 is 23.4 Å². The molecule has 0 aliphatic carbocycles. The van der Waals surface area contributed by atoms with Crippen LogP contribution in [0.25, 0.3) is 11.8 Å². The summed E-state index contributed by atoms with van der Waals surface area (Å²) in [4.78, 5) is 32.6. The van der Waals surface area contributed by atoms with Crippen LogP contribution in [0, 0.1) is 20.8 Å². The summed E-state index contributed by atoms with van der Waals surface area (Å²) < 4.78 is 20.8. The topological polar surface area (TPSA) is 84.1 Å². The van der Waals surface area contributed by atoms with E-state index in [9.17, 15) is 9.59 Å². The van der Waals surface area contributed by atoms with Crippen LogP contribution < -0.4 is 24.4 Å². The Balaban J connectivity index is 1.73. The van der Waals surface area contributed by atoms with Gasteiger partial charge in [-0.25, -0.2) is 9.79 Å². The molecule has 0 saturated heterocycles. The Hall–Kier alpha value is -4.37. The first kappa shape index (κ1) is 28.2. The van der Waals surface area contributed by atoms with Gasteiger partial charge in [0.05, 0.1) is 36.6 Å². The summed E-state index contributed by atoms with van der Waals surface area (Å²) in [5.41, 5.74) is 6.40. The van der Waals surface area contributed by atoms with Crippen molar-refractivity contribution in [2.45, 2.75) is 40.7 Å². The van der Waals surface area contributed by atoms with Crippen LogP contribution in [0.15, 0.2) is 69.6 Å². The van der Waals surface area contributed by atoms with Crippen LogP contribution in [0.3, 0.4) is 0 Å². The van der Waals surface area contributed by atoms with E-state index >= 15 is 0 Å². The van der Waals surface area contributed by atoms with Crippen LogP contribution in [-0.4, -0.2) is 35.9 Å². The molecule has 2 aromatic carbocycles. The Bertz CT molecular complexity index is 1860. The third-order valence-corrected chi connectivity index (χ3v) is 8.28. The predicted octanol–water partition coefficient (Wildman–Crippen LogP) is 4.53. The first-order chi connectivity index (χ1) is 19.7. The minimum absolute atomic E-state index is 0.193. The van der Waals surface area contributed by atoms with Gasteiger partial charge in [-0.05, 0) is 82.7 Å². The van der Waals surface area contributed by atoms with Gasteiger partial charge in [0, 0.05) is 22.6 Å². The highest BCUT2D eigenvalue weighted by molar-refractivity contribution is 7.07. The van der Waals surface area contributed by atoms with E-state index in [4.69, 9.17) is 19.2 Å². The minimum Gasteiger partial charge on any atom is -0.497 e. The summed E-state index contributed by atoms with van der Waals surface area (Å²) in [5, 5.41) is 0. The Labute approximate surface area is 242 Å². The summed E-state index contributed by atoms with van der Waals surface area (Å²) in [6.07, 6.45) is 1.90. The lowest BCUT2D eigenvalue weighted by Crippen LogP contribution is -2.40. The number of hydrogen-bond donors (Lipinski definition) is 0. The first-order valence-electron chi connectivity index (χ1n) is 13.4. The number of benzene rings is 2. The number of nitrogens with zero attached hydrogens (tertiary/aromatic N) is 3. The van der Waals surface area contributed by atoms with Crippen LogP contribution >= 0.6 is 11.3 Å². The van der Waals surface area contributed by atoms with Crippen LogP contribution in [0.2, 0.25) is 0 Å². The van der Waals surface area contributed by atoms with Gasteiger partial charge in [0.2, 0.25) is 0 Å². The number of aromatic nitrogens is 2. The molecule has 41 heavy (non-hydrogen) atoms. The number of esters is 1. The molecule has 3 heterocycles. The number of fused-ring (bicyclic) bond motifs is 1. The number of rotatable bonds is 7.